The number of amides is 1. The largest absolute Gasteiger partial charge is 0.315 e. The number of thiazole rings is 1. The van der Waals surface area contributed by atoms with E-state index in [0.29, 0.717) is 5.71 Å². The van der Waals surface area contributed by atoms with Gasteiger partial charge in [0.05, 0.1) is 9.88 Å². The van der Waals surface area contributed by atoms with Gasteiger partial charge in [-0.1, -0.05) is 0 Å². The molecule has 0 radical (unpaired) electrons. The number of hydrogen-bond acceptors (Lipinski definition) is 5. The molecule has 0 aromatic carbocycles. The van der Waals surface area contributed by atoms with Crippen molar-refractivity contribution in [2.24, 2.45) is 10.8 Å². The van der Waals surface area contributed by atoms with Crippen molar-refractivity contribution in [1.82, 2.24) is 10.4 Å². The van der Waals surface area contributed by atoms with E-state index in [-0.39, 0.29) is 5.91 Å². The van der Waals surface area contributed by atoms with Gasteiger partial charge in [0, 0.05) is 6.20 Å². The zero-order chi connectivity index (χ0) is 9.42. The van der Waals surface area contributed by atoms with Crippen molar-refractivity contribution < 1.29 is 4.79 Å². The standard InChI is InChI=1S/C7H8N4OS/c1-3-9-2-4(13-3)6-5(8)7(12)11-10-6/h2,5H,8H2,1H3,(H,11,12). The Morgan fingerprint density at radius 1 is 1.69 bits per heavy atom. The molecule has 5 nitrogen and oxygen atoms in total. The topological polar surface area (TPSA) is 80.4 Å². The predicted molar refractivity (Wildman–Crippen MR) is 49.5 cm³/mol. The average Bonchev–Trinajstić information content (AvgIpc) is 2.62. The fourth-order valence-corrected chi connectivity index (χ4v) is 1.87. The summed E-state index contributed by atoms with van der Waals surface area (Å²) < 4.78 is 0. The van der Waals surface area contributed by atoms with Crippen LogP contribution in [0.1, 0.15) is 9.88 Å². The summed E-state index contributed by atoms with van der Waals surface area (Å²) in [6.07, 6.45) is 1.68. The van der Waals surface area contributed by atoms with Crippen LogP contribution in [0.2, 0.25) is 0 Å². The Labute approximate surface area is 78.7 Å². The number of nitrogens with two attached hydrogens (primary N) is 1. The number of hydrazone groups is 1. The maximum atomic E-state index is 11.0. The van der Waals surface area contributed by atoms with Gasteiger partial charge in [-0.15, -0.1) is 11.3 Å². The number of aromatic nitrogens is 1. The smallest absolute Gasteiger partial charge is 0.263 e. The first-order valence-electron chi connectivity index (χ1n) is 3.74. The minimum absolute atomic E-state index is 0.263. The third kappa shape index (κ3) is 1.34. The summed E-state index contributed by atoms with van der Waals surface area (Å²) in [5.74, 6) is -0.263. The third-order valence-corrected chi connectivity index (χ3v) is 2.67. The van der Waals surface area contributed by atoms with Crippen molar-refractivity contribution in [3.05, 3.63) is 16.1 Å². The number of nitrogens with zero attached hydrogens (tertiary/aromatic N) is 2. The second-order valence-corrected chi connectivity index (χ2v) is 3.93. The fourth-order valence-electron chi connectivity index (χ4n) is 1.07. The lowest BCUT2D eigenvalue weighted by Gasteiger charge is -1.99. The van der Waals surface area contributed by atoms with Crippen molar-refractivity contribution in [3.63, 3.8) is 0 Å². The number of carbonyl (C=O) groups excluding carboxylic acids is 1. The maximum Gasteiger partial charge on any atom is 0.263 e. The SMILES string of the molecule is Cc1ncc(C2=NNC(=O)C2N)s1. The number of hydrogen-bond donors (Lipinski definition) is 2. The van der Waals surface area contributed by atoms with Crippen molar-refractivity contribution in [1.29, 1.82) is 0 Å². The molecule has 3 N–H and O–H groups in total. The molecule has 0 aliphatic carbocycles. The first kappa shape index (κ1) is 8.33. The van der Waals surface area contributed by atoms with Crippen LogP contribution in [-0.2, 0) is 4.79 Å². The molecular weight excluding hydrogens is 188 g/mol. The summed E-state index contributed by atoms with van der Waals surface area (Å²) in [5, 5.41) is 4.78. The molecule has 1 atom stereocenters. The highest BCUT2D eigenvalue weighted by molar-refractivity contribution is 7.13. The monoisotopic (exact) mass is 196 g/mol. The van der Waals surface area contributed by atoms with Gasteiger partial charge in [0.15, 0.2) is 0 Å². The van der Waals surface area contributed by atoms with Crippen LogP contribution >= 0.6 is 11.3 Å². The van der Waals surface area contributed by atoms with Crippen LogP contribution in [0, 0.1) is 6.92 Å². The van der Waals surface area contributed by atoms with E-state index >= 15 is 0 Å². The molecule has 0 spiro atoms. The lowest BCUT2D eigenvalue weighted by atomic mass is 10.2. The molecule has 1 aliphatic rings. The maximum absolute atomic E-state index is 11.0. The lowest BCUT2D eigenvalue weighted by Crippen LogP contribution is -2.37. The van der Waals surface area contributed by atoms with Gasteiger partial charge in [-0.05, 0) is 6.92 Å². The van der Waals surface area contributed by atoms with E-state index in [1.54, 1.807) is 6.20 Å². The third-order valence-electron chi connectivity index (χ3n) is 1.74. The van der Waals surface area contributed by atoms with E-state index in [1.165, 1.54) is 11.3 Å². The summed E-state index contributed by atoms with van der Waals surface area (Å²) in [7, 11) is 0. The molecule has 68 valence electrons. The summed E-state index contributed by atoms with van der Waals surface area (Å²) in [6, 6.07) is -0.653. The van der Waals surface area contributed by atoms with Gasteiger partial charge in [0.1, 0.15) is 11.8 Å². The molecular formula is C7H8N4OS. The zero-order valence-corrected chi connectivity index (χ0v) is 7.76. The second-order valence-electron chi connectivity index (χ2n) is 2.69. The molecule has 0 saturated heterocycles. The van der Waals surface area contributed by atoms with Gasteiger partial charge in [-0.3, -0.25) is 4.79 Å². The average molecular weight is 196 g/mol. The van der Waals surface area contributed by atoms with Crippen LogP contribution in [0.15, 0.2) is 11.3 Å². The molecule has 0 fully saturated rings. The van der Waals surface area contributed by atoms with Crippen LogP contribution in [0.3, 0.4) is 0 Å². The first-order chi connectivity index (χ1) is 6.18. The lowest BCUT2D eigenvalue weighted by molar-refractivity contribution is -0.120. The van der Waals surface area contributed by atoms with E-state index in [1.807, 2.05) is 6.92 Å². The zero-order valence-electron chi connectivity index (χ0n) is 6.94. The summed E-state index contributed by atoms with van der Waals surface area (Å²) in [6.45, 7) is 1.89. The molecule has 0 saturated carbocycles. The van der Waals surface area contributed by atoms with E-state index in [4.69, 9.17) is 5.73 Å². The van der Waals surface area contributed by atoms with Gasteiger partial charge < -0.3 is 5.73 Å². The Hall–Kier alpha value is -1.27. The number of rotatable bonds is 1. The molecule has 13 heavy (non-hydrogen) atoms. The molecule has 2 rings (SSSR count). The van der Waals surface area contributed by atoms with E-state index in [2.05, 4.69) is 15.5 Å². The Morgan fingerprint density at radius 3 is 2.92 bits per heavy atom. The highest BCUT2D eigenvalue weighted by Gasteiger charge is 2.28. The quantitative estimate of drug-likeness (QED) is 0.642. The molecule has 2 heterocycles. The molecule has 1 unspecified atom stereocenters. The van der Waals surface area contributed by atoms with Crippen molar-refractivity contribution in [2.45, 2.75) is 13.0 Å². The van der Waals surface area contributed by atoms with Crippen LogP contribution in [0.25, 0.3) is 0 Å². The van der Waals surface area contributed by atoms with Gasteiger partial charge in [-0.2, -0.15) is 5.10 Å². The molecule has 6 heteroatoms. The van der Waals surface area contributed by atoms with E-state index in [9.17, 15) is 4.79 Å². The molecule has 0 bridgehead atoms. The predicted octanol–water partition coefficient (Wildman–Crippen LogP) is -0.387. The van der Waals surface area contributed by atoms with Crippen molar-refractivity contribution in [2.75, 3.05) is 0 Å². The van der Waals surface area contributed by atoms with Crippen molar-refractivity contribution in [3.8, 4) is 0 Å². The highest BCUT2D eigenvalue weighted by Crippen LogP contribution is 2.15. The number of nitrogens with one attached hydrogen (secondary N) is 1. The van der Waals surface area contributed by atoms with Gasteiger partial charge >= 0.3 is 0 Å². The van der Waals surface area contributed by atoms with Crippen LogP contribution < -0.4 is 11.2 Å². The Balaban J connectivity index is 2.33. The normalized spacial score (nSPS) is 21.5. The summed E-state index contributed by atoms with van der Waals surface area (Å²) in [4.78, 5) is 15.9. The molecule has 1 aliphatic heterocycles. The highest BCUT2D eigenvalue weighted by atomic mass is 32.1. The summed E-state index contributed by atoms with van der Waals surface area (Å²) >= 11 is 1.48. The Morgan fingerprint density at radius 2 is 2.46 bits per heavy atom. The van der Waals surface area contributed by atoms with Gasteiger partial charge in [0.25, 0.3) is 5.91 Å². The minimum atomic E-state index is -0.653. The fraction of sp³-hybridized carbons (Fsp3) is 0.286. The second kappa shape index (κ2) is 2.90. The molecule has 1 amide bonds. The Bertz CT molecular complexity index is 384. The number of aryl methyl sites for hydroxylation is 1. The minimum Gasteiger partial charge on any atom is -0.315 e. The number of carbonyl (C=O) groups is 1. The van der Waals surface area contributed by atoms with Crippen LogP contribution in [-0.4, -0.2) is 22.6 Å². The van der Waals surface area contributed by atoms with E-state index in [0.717, 1.165) is 9.88 Å². The molecule has 1 aromatic rings. The van der Waals surface area contributed by atoms with Crippen LogP contribution in [0.5, 0.6) is 0 Å². The van der Waals surface area contributed by atoms with Gasteiger partial charge in [-0.25, -0.2) is 10.4 Å². The first-order valence-corrected chi connectivity index (χ1v) is 4.56. The summed E-state index contributed by atoms with van der Waals surface area (Å²) in [5.41, 5.74) is 8.51. The molecule has 1 aromatic heterocycles. The Kier molecular flexibility index (Phi) is 1.86. The van der Waals surface area contributed by atoms with E-state index < -0.39 is 6.04 Å². The van der Waals surface area contributed by atoms with Crippen LogP contribution in [0.4, 0.5) is 0 Å². The van der Waals surface area contributed by atoms with Gasteiger partial charge in [0.2, 0.25) is 0 Å². The van der Waals surface area contributed by atoms with Crippen molar-refractivity contribution >= 4 is 23.0 Å².